The third-order valence-electron chi connectivity index (χ3n) is 5.88. The molecule has 0 N–H and O–H groups in total. The second-order valence-corrected chi connectivity index (χ2v) is 8.12. The summed E-state index contributed by atoms with van der Waals surface area (Å²) in [6.07, 6.45) is 1.36. The molecule has 0 radical (unpaired) electrons. The Morgan fingerprint density at radius 3 is 2.23 bits per heavy atom. The van der Waals surface area contributed by atoms with Crippen molar-refractivity contribution < 1.29 is 9.59 Å². The molecule has 0 bridgehead atoms. The Hall–Kier alpha value is -3.33. The number of hydrogen-bond acceptors (Lipinski definition) is 4. The number of carbonyl (C=O) groups is 2. The molecule has 0 aromatic heterocycles. The van der Waals surface area contributed by atoms with Crippen LogP contribution in [0, 0.1) is 25.2 Å². The van der Waals surface area contributed by atoms with Crippen molar-refractivity contribution in [3.63, 3.8) is 0 Å². The summed E-state index contributed by atoms with van der Waals surface area (Å²) >= 11 is 0. The molecule has 0 atom stereocenters. The number of amides is 2. The first-order chi connectivity index (χ1) is 14.5. The number of carbonyl (C=O) groups excluding carboxylic acids is 2. The molecule has 154 valence electrons. The van der Waals surface area contributed by atoms with Gasteiger partial charge in [-0.15, -0.1) is 0 Å². The van der Waals surface area contributed by atoms with Crippen molar-refractivity contribution in [2.75, 3.05) is 42.5 Å². The number of rotatable bonds is 3. The van der Waals surface area contributed by atoms with Gasteiger partial charge >= 0.3 is 0 Å². The summed E-state index contributed by atoms with van der Waals surface area (Å²) in [4.78, 5) is 30.9. The van der Waals surface area contributed by atoms with Crippen LogP contribution >= 0.6 is 0 Å². The van der Waals surface area contributed by atoms with Crippen molar-refractivity contribution in [3.05, 3.63) is 58.7 Å². The smallest absolute Gasteiger partial charge is 0.255 e. The minimum atomic E-state index is -0.120. The van der Waals surface area contributed by atoms with E-state index in [2.05, 4.69) is 43.0 Å². The van der Waals surface area contributed by atoms with Gasteiger partial charge in [0.2, 0.25) is 5.91 Å². The van der Waals surface area contributed by atoms with Crippen LogP contribution in [0.15, 0.2) is 36.4 Å². The topological polar surface area (TPSA) is 67.7 Å². The number of piperazine rings is 1. The Bertz CT molecular complexity index is 1010. The summed E-state index contributed by atoms with van der Waals surface area (Å²) in [6.45, 7) is 7.61. The lowest BCUT2D eigenvalue weighted by atomic mass is 10.0. The molecule has 6 heteroatoms. The van der Waals surface area contributed by atoms with E-state index < -0.39 is 0 Å². The Kier molecular flexibility index (Phi) is 5.45. The van der Waals surface area contributed by atoms with Gasteiger partial charge < -0.3 is 14.7 Å². The molecule has 2 saturated heterocycles. The van der Waals surface area contributed by atoms with Gasteiger partial charge in [0.05, 0.1) is 11.1 Å². The molecular formula is C24H26N4O2. The first-order valence-corrected chi connectivity index (χ1v) is 10.4. The number of benzene rings is 2. The highest BCUT2D eigenvalue weighted by atomic mass is 16.2. The summed E-state index contributed by atoms with van der Waals surface area (Å²) in [5.74, 6) is -0.0496. The summed E-state index contributed by atoms with van der Waals surface area (Å²) < 4.78 is 0. The number of nitriles is 1. The van der Waals surface area contributed by atoms with Gasteiger partial charge in [-0.25, -0.2) is 0 Å². The Morgan fingerprint density at radius 2 is 1.63 bits per heavy atom. The van der Waals surface area contributed by atoms with Gasteiger partial charge in [0.1, 0.15) is 6.07 Å². The van der Waals surface area contributed by atoms with Crippen LogP contribution in [-0.2, 0) is 4.79 Å². The number of anilines is 2. The van der Waals surface area contributed by atoms with Crippen LogP contribution in [0.1, 0.15) is 39.9 Å². The monoisotopic (exact) mass is 402 g/mol. The lowest BCUT2D eigenvalue weighted by molar-refractivity contribution is -0.117. The summed E-state index contributed by atoms with van der Waals surface area (Å²) in [5.41, 5.74) is 5.10. The van der Waals surface area contributed by atoms with Crippen molar-refractivity contribution in [2.45, 2.75) is 26.7 Å². The minimum absolute atomic E-state index is 0.0699. The molecule has 2 aromatic carbocycles. The van der Waals surface area contributed by atoms with Crippen LogP contribution in [0.25, 0.3) is 0 Å². The van der Waals surface area contributed by atoms with E-state index in [-0.39, 0.29) is 11.8 Å². The summed E-state index contributed by atoms with van der Waals surface area (Å²) in [7, 11) is 0. The summed E-state index contributed by atoms with van der Waals surface area (Å²) in [6, 6.07) is 13.8. The van der Waals surface area contributed by atoms with Gasteiger partial charge in [0.15, 0.2) is 0 Å². The van der Waals surface area contributed by atoms with Crippen LogP contribution < -0.4 is 9.80 Å². The molecule has 2 heterocycles. The van der Waals surface area contributed by atoms with Crippen molar-refractivity contribution in [1.29, 1.82) is 5.26 Å². The number of hydrogen-bond donors (Lipinski definition) is 0. The fraction of sp³-hybridized carbons (Fsp3) is 0.375. The molecule has 0 saturated carbocycles. The quantitative estimate of drug-likeness (QED) is 0.790. The van der Waals surface area contributed by atoms with Gasteiger partial charge in [-0.05, 0) is 61.7 Å². The van der Waals surface area contributed by atoms with Crippen LogP contribution in [0.4, 0.5) is 11.4 Å². The van der Waals surface area contributed by atoms with E-state index in [0.29, 0.717) is 42.9 Å². The average Bonchev–Trinajstić information content (AvgIpc) is 3.18. The maximum absolute atomic E-state index is 13.1. The van der Waals surface area contributed by atoms with Gasteiger partial charge in [0, 0.05) is 50.5 Å². The van der Waals surface area contributed by atoms with Gasteiger partial charge in [-0.3, -0.25) is 9.59 Å². The molecule has 2 fully saturated rings. The van der Waals surface area contributed by atoms with E-state index in [0.717, 1.165) is 19.5 Å². The standard InChI is InChI=1S/C24H26N4O2/c1-17-12-18(2)14-21(13-17)26-8-10-27(11-9-26)24(30)22-6-5-20(15-19(22)16-25)28-7-3-4-23(28)29/h5-6,12-15H,3-4,7-11H2,1-2H3. The highest BCUT2D eigenvalue weighted by Gasteiger charge is 2.26. The number of nitrogens with zero attached hydrogens (tertiary/aromatic N) is 4. The highest BCUT2D eigenvalue weighted by Crippen LogP contribution is 2.26. The first kappa shape index (κ1) is 20.0. The van der Waals surface area contributed by atoms with E-state index in [4.69, 9.17) is 0 Å². The van der Waals surface area contributed by atoms with E-state index in [9.17, 15) is 14.9 Å². The predicted molar refractivity (Wildman–Crippen MR) is 117 cm³/mol. The zero-order valence-electron chi connectivity index (χ0n) is 17.5. The molecule has 2 aromatic rings. The molecule has 2 aliphatic rings. The van der Waals surface area contributed by atoms with Crippen molar-refractivity contribution in [2.24, 2.45) is 0 Å². The summed E-state index contributed by atoms with van der Waals surface area (Å²) in [5, 5.41) is 9.61. The van der Waals surface area contributed by atoms with Crippen LogP contribution in [-0.4, -0.2) is 49.4 Å². The van der Waals surface area contributed by atoms with Crippen molar-refractivity contribution >= 4 is 23.2 Å². The average molecular weight is 402 g/mol. The van der Waals surface area contributed by atoms with Gasteiger partial charge in [-0.2, -0.15) is 5.26 Å². The van der Waals surface area contributed by atoms with E-state index in [1.807, 2.05) is 4.90 Å². The van der Waals surface area contributed by atoms with Crippen LogP contribution in [0.2, 0.25) is 0 Å². The second kappa shape index (κ2) is 8.19. The third kappa shape index (κ3) is 3.88. The molecule has 0 spiro atoms. The molecule has 30 heavy (non-hydrogen) atoms. The van der Waals surface area contributed by atoms with Gasteiger partial charge in [0.25, 0.3) is 5.91 Å². The Labute approximate surface area is 177 Å². The maximum Gasteiger partial charge on any atom is 0.255 e. The number of aryl methyl sites for hydroxylation is 2. The molecule has 6 nitrogen and oxygen atoms in total. The molecule has 4 rings (SSSR count). The highest BCUT2D eigenvalue weighted by molar-refractivity contribution is 5.99. The van der Waals surface area contributed by atoms with E-state index in [1.165, 1.54) is 16.8 Å². The van der Waals surface area contributed by atoms with Crippen LogP contribution in [0.3, 0.4) is 0 Å². The lowest BCUT2D eigenvalue weighted by Crippen LogP contribution is -2.49. The molecule has 2 aliphatic heterocycles. The maximum atomic E-state index is 13.1. The van der Waals surface area contributed by atoms with Crippen LogP contribution in [0.5, 0.6) is 0 Å². The Balaban J connectivity index is 1.47. The Morgan fingerprint density at radius 1 is 0.933 bits per heavy atom. The zero-order chi connectivity index (χ0) is 21.3. The van der Waals surface area contributed by atoms with Crippen molar-refractivity contribution in [1.82, 2.24) is 4.90 Å². The van der Waals surface area contributed by atoms with Crippen molar-refractivity contribution in [3.8, 4) is 6.07 Å². The SMILES string of the molecule is Cc1cc(C)cc(N2CCN(C(=O)c3ccc(N4CCCC4=O)cc3C#N)CC2)c1. The van der Waals surface area contributed by atoms with E-state index in [1.54, 1.807) is 23.1 Å². The predicted octanol–water partition coefficient (Wildman–Crippen LogP) is 3.26. The fourth-order valence-corrected chi connectivity index (χ4v) is 4.37. The van der Waals surface area contributed by atoms with E-state index >= 15 is 0 Å². The first-order valence-electron chi connectivity index (χ1n) is 10.4. The second-order valence-electron chi connectivity index (χ2n) is 8.12. The molecule has 2 amide bonds. The largest absolute Gasteiger partial charge is 0.368 e. The molecule has 0 aliphatic carbocycles. The molecular weight excluding hydrogens is 376 g/mol. The third-order valence-corrected chi connectivity index (χ3v) is 5.88. The molecule has 0 unspecified atom stereocenters. The zero-order valence-corrected chi connectivity index (χ0v) is 17.5. The minimum Gasteiger partial charge on any atom is -0.368 e. The van der Waals surface area contributed by atoms with Gasteiger partial charge in [-0.1, -0.05) is 6.07 Å². The normalized spacial score (nSPS) is 16.7. The lowest BCUT2D eigenvalue weighted by Gasteiger charge is -2.36. The fourth-order valence-electron chi connectivity index (χ4n) is 4.37.